The van der Waals surface area contributed by atoms with Gasteiger partial charge in [-0.05, 0) is 24.3 Å². The second-order valence-electron chi connectivity index (χ2n) is 6.19. The Balaban J connectivity index is 1.92. The number of nitrogen functional groups attached to an aromatic ring is 1. The number of hydrogen-bond acceptors (Lipinski definition) is 6. The van der Waals surface area contributed by atoms with Crippen LogP contribution in [-0.2, 0) is 0 Å². The highest BCUT2D eigenvalue weighted by Crippen LogP contribution is 2.28. The van der Waals surface area contributed by atoms with Crippen molar-refractivity contribution < 1.29 is 18.3 Å². The van der Waals surface area contributed by atoms with Gasteiger partial charge in [0.05, 0.1) is 29.0 Å². The Morgan fingerprint density at radius 3 is 2.60 bits per heavy atom. The summed E-state index contributed by atoms with van der Waals surface area (Å²) in [5.74, 6) is -1.88. The van der Waals surface area contributed by atoms with Gasteiger partial charge in [0, 0.05) is 18.8 Å². The number of carbonyl (C=O) groups is 1. The quantitative estimate of drug-likeness (QED) is 0.493. The van der Waals surface area contributed by atoms with E-state index in [4.69, 9.17) is 27.8 Å². The number of ether oxygens (including phenoxy) is 1. The Kier molecular flexibility index (Phi) is 6.76. The second-order valence-corrected chi connectivity index (χ2v) is 6.50. The molecule has 1 unspecified atom stereocenters. The van der Waals surface area contributed by atoms with Crippen LogP contribution in [0.15, 0.2) is 48.8 Å². The van der Waals surface area contributed by atoms with Crippen LogP contribution < -0.4 is 21.5 Å². The highest BCUT2D eigenvalue weighted by Gasteiger charge is 2.19. The van der Waals surface area contributed by atoms with Crippen molar-refractivity contribution in [3.05, 3.63) is 66.1 Å². The molecule has 1 atom stereocenters. The van der Waals surface area contributed by atoms with Gasteiger partial charge in [0.1, 0.15) is 29.2 Å². The van der Waals surface area contributed by atoms with Gasteiger partial charge in [-0.2, -0.15) is 0 Å². The molecule has 0 spiro atoms. The van der Waals surface area contributed by atoms with Gasteiger partial charge in [0.2, 0.25) is 0 Å². The molecule has 0 saturated carbocycles. The zero-order valence-corrected chi connectivity index (χ0v) is 16.4. The second kappa shape index (κ2) is 9.47. The van der Waals surface area contributed by atoms with Crippen molar-refractivity contribution in [1.29, 1.82) is 0 Å². The number of benzene rings is 1. The van der Waals surface area contributed by atoms with Crippen LogP contribution in [0.4, 0.5) is 20.2 Å². The van der Waals surface area contributed by atoms with Crippen LogP contribution in [-0.4, -0.2) is 34.4 Å². The number of halogens is 3. The summed E-state index contributed by atoms with van der Waals surface area (Å²) < 4.78 is 33.9. The smallest absolute Gasteiger partial charge is 0.276 e. The number of anilines is 2. The van der Waals surface area contributed by atoms with Gasteiger partial charge < -0.3 is 21.5 Å². The van der Waals surface area contributed by atoms with Crippen molar-refractivity contribution in [3.8, 4) is 17.0 Å². The zero-order valence-electron chi connectivity index (χ0n) is 15.6. The molecule has 0 radical (unpaired) electrons. The topological polar surface area (TPSA) is 116 Å². The summed E-state index contributed by atoms with van der Waals surface area (Å²) >= 11 is 5.80. The van der Waals surface area contributed by atoms with E-state index in [-0.39, 0.29) is 40.8 Å². The molecular weight excluding hydrogens is 416 g/mol. The Hall–Kier alpha value is -3.30. The normalized spacial score (nSPS) is 11.7. The Bertz CT molecular complexity index is 1040. The summed E-state index contributed by atoms with van der Waals surface area (Å²) in [6, 6.07) is 7.64. The SMILES string of the molecule is NCC(CCl)Oc1ccncc1NC(=O)c1nc(-c2c(F)cccc2F)ccc1N. The molecule has 10 heteroatoms. The lowest BCUT2D eigenvalue weighted by Gasteiger charge is -2.17. The fraction of sp³-hybridized carbons (Fsp3) is 0.150. The van der Waals surface area contributed by atoms with Crippen molar-refractivity contribution in [2.24, 2.45) is 5.73 Å². The minimum absolute atomic E-state index is 0.0277. The fourth-order valence-corrected chi connectivity index (χ4v) is 2.80. The molecule has 1 aromatic carbocycles. The summed E-state index contributed by atoms with van der Waals surface area (Å²) in [6.45, 7) is 0.171. The van der Waals surface area contributed by atoms with Crippen LogP contribution in [0.1, 0.15) is 10.5 Å². The van der Waals surface area contributed by atoms with Gasteiger partial charge in [-0.15, -0.1) is 11.6 Å². The number of alkyl halides is 1. The molecule has 0 aliphatic carbocycles. The standard InChI is InChI=1S/C20H18ClF2N5O2/c21-8-11(9-24)30-17-6-7-26-10-16(17)28-20(29)19-14(25)4-5-15(27-19)18-12(22)2-1-3-13(18)23/h1-7,10-11H,8-9,24-25H2,(H,28,29). The molecule has 3 aromatic rings. The molecule has 0 saturated heterocycles. The summed E-state index contributed by atoms with van der Waals surface area (Å²) in [5, 5.41) is 2.59. The van der Waals surface area contributed by atoms with Gasteiger partial charge >= 0.3 is 0 Å². The van der Waals surface area contributed by atoms with Crippen LogP contribution in [0.5, 0.6) is 5.75 Å². The van der Waals surface area contributed by atoms with E-state index in [1.54, 1.807) is 0 Å². The monoisotopic (exact) mass is 433 g/mol. The third-order valence-corrected chi connectivity index (χ3v) is 4.46. The number of amides is 1. The summed E-state index contributed by atoms with van der Waals surface area (Å²) in [6.07, 6.45) is 2.37. The van der Waals surface area contributed by atoms with E-state index in [9.17, 15) is 13.6 Å². The number of aromatic nitrogens is 2. The molecule has 0 bridgehead atoms. The molecule has 7 nitrogen and oxygen atoms in total. The fourth-order valence-electron chi connectivity index (χ4n) is 2.62. The number of rotatable bonds is 7. The first-order valence-electron chi connectivity index (χ1n) is 8.83. The highest BCUT2D eigenvalue weighted by molar-refractivity contribution is 6.18. The van der Waals surface area contributed by atoms with E-state index in [2.05, 4.69) is 15.3 Å². The number of nitrogens with two attached hydrogens (primary N) is 2. The molecule has 3 rings (SSSR count). The van der Waals surface area contributed by atoms with E-state index in [0.29, 0.717) is 5.75 Å². The molecule has 5 N–H and O–H groups in total. The minimum Gasteiger partial charge on any atom is -0.486 e. The van der Waals surface area contributed by atoms with Gasteiger partial charge in [0.15, 0.2) is 5.69 Å². The van der Waals surface area contributed by atoms with Gasteiger partial charge in [-0.3, -0.25) is 9.78 Å². The molecular formula is C20H18ClF2N5O2. The third kappa shape index (κ3) is 4.64. The first-order valence-corrected chi connectivity index (χ1v) is 9.37. The van der Waals surface area contributed by atoms with E-state index in [1.807, 2.05) is 0 Å². The van der Waals surface area contributed by atoms with E-state index in [0.717, 1.165) is 12.1 Å². The maximum absolute atomic E-state index is 14.1. The average molecular weight is 434 g/mol. The summed E-state index contributed by atoms with van der Waals surface area (Å²) in [7, 11) is 0. The van der Waals surface area contributed by atoms with E-state index < -0.39 is 23.6 Å². The van der Waals surface area contributed by atoms with Crippen LogP contribution in [0.3, 0.4) is 0 Å². The lowest BCUT2D eigenvalue weighted by molar-refractivity contribution is 0.102. The van der Waals surface area contributed by atoms with Crippen molar-refractivity contribution >= 4 is 28.9 Å². The lowest BCUT2D eigenvalue weighted by atomic mass is 10.1. The van der Waals surface area contributed by atoms with Crippen LogP contribution >= 0.6 is 11.6 Å². The number of nitrogens with one attached hydrogen (secondary N) is 1. The van der Waals surface area contributed by atoms with E-state index >= 15 is 0 Å². The van der Waals surface area contributed by atoms with Crippen LogP contribution in [0.25, 0.3) is 11.3 Å². The van der Waals surface area contributed by atoms with E-state index in [1.165, 1.54) is 36.7 Å². The maximum atomic E-state index is 14.1. The Morgan fingerprint density at radius 1 is 1.20 bits per heavy atom. The number of hydrogen-bond donors (Lipinski definition) is 3. The molecule has 0 aliphatic rings. The summed E-state index contributed by atoms with van der Waals surface area (Å²) in [4.78, 5) is 20.8. The van der Waals surface area contributed by atoms with Gasteiger partial charge in [0.25, 0.3) is 5.91 Å². The minimum atomic E-state index is -0.810. The number of carbonyl (C=O) groups excluding carboxylic acids is 1. The molecule has 1 amide bonds. The van der Waals surface area contributed by atoms with Crippen molar-refractivity contribution in [2.45, 2.75) is 6.10 Å². The molecule has 156 valence electrons. The first kappa shape index (κ1) is 21.4. The Morgan fingerprint density at radius 2 is 1.93 bits per heavy atom. The van der Waals surface area contributed by atoms with Crippen molar-refractivity contribution in [2.75, 3.05) is 23.5 Å². The van der Waals surface area contributed by atoms with Crippen LogP contribution in [0, 0.1) is 11.6 Å². The number of nitrogens with zero attached hydrogens (tertiary/aromatic N) is 2. The predicted molar refractivity (Wildman–Crippen MR) is 110 cm³/mol. The predicted octanol–water partition coefficient (Wildman–Crippen LogP) is 3.20. The number of pyridine rings is 2. The largest absolute Gasteiger partial charge is 0.486 e. The molecule has 30 heavy (non-hydrogen) atoms. The first-order chi connectivity index (χ1) is 14.4. The lowest BCUT2D eigenvalue weighted by Crippen LogP contribution is -2.28. The van der Waals surface area contributed by atoms with Crippen molar-refractivity contribution in [3.63, 3.8) is 0 Å². The third-order valence-electron chi connectivity index (χ3n) is 4.12. The zero-order chi connectivity index (χ0) is 21.7. The summed E-state index contributed by atoms with van der Waals surface area (Å²) in [5.41, 5.74) is 11.1. The highest BCUT2D eigenvalue weighted by atomic mass is 35.5. The molecule has 2 heterocycles. The molecule has 0 fully saturated rings. The maximum Gasteiger partial charge on any atom is 0.276 e. The van der Waals surface area contributed by atoms with Crippen LogP contribution in [0.2, 0.25) is 0 Å². The van der Waals surface area contributed by atoms with Gasteiger partial charge in [-0.1, -0.05) is 6.07 Å². The van der Waals surface area contributed by atoms with Gasteiger partial charge in [-0.25, -0.2) is 13.8 Å². The average Bonchev–Trinajstić information content (AvgIpc) is 2.74. The molecule has 0 aliphatic heterocycles. The molecule has 2 aromatic heterocycles. The van der Waals surface area contributed by atoms with Crippen molar-refractivity contribution in [1.82, 2.24) is 9.97 Å². The Labute approximate surface area is 176 Å².